The number of thiocarbonyl (C=S) groups is 1. The first-order chi connectivity index (χ1) is 8.93. The van der Waals surface area contributed by atoms with Gasteiger partial charge in [-0.2, -0.15) is 0 Å². The Morgan fingerprint density at radius 1 is 1.53 bits per heavy atom. The van der Waals surface area contributed by atoms with Gasteiger partial charge in [-0.15, -0.1) is 0 Å². The predicted octanol–water partition coefficient (Wildman–Crippen LogP) is 3.70. The maximum Gasteiger partial charge on any atom is 0.188 e. The molecular weight excluding hydrogens is 316 g/mol. The minimum Gasteiger partial charge on any atom is -0.354 e. The summed E-state index contributed by atoms with van der Waals surface area (Å²) < 4.78 is 0.00742. The van der Waals surface area contributed by atoms with E-state index in [1.807, 2.05) is 0 Å². The van der Waals surface area contributed by atoms with Crippen LogP contribution in [0, 0.1) is 0 Å². The minimum atomic E-state index is 0.00742. The van der Waals surface area contributed by atoms with Crippen LogP contribution in [0.1, 0.15) is 27.7 Å². The van der Waals surface area contributed by atoms with Crippen molar-refractivity contribution >= 4 is 57.6 Å². The zero-order valence-electron chi connectivity index (χ0n) is 11.3. The van der Waals surface area contributed by atoms with Crippen molar-refractivity contribution in [3.8, 4) is 0 Å². The number of hydrogen-bond donors (Lipinski definition) is 1. The highest BCUT2D eigenvalue weighted by atomic mass is 32.2. The fourth-order valence-electron chi connectivity index (χ4n) is 1.88. The molecule has 0 radical (unpaired) electrons. The van der Waals surface area contributed by atoms with Gasteiger partial charge in [-0.3, -0.25) is 4.79 Å². The monoisotopic (exact) mass is 332 g/mol. The summed E-state index contributed by atoms with van der Waals surface area (Å²) in [5.74, 6) is 0. The summed E-state index contributed by atoms with van der Waals surface area (Å²) in [5.41, 5.74) is 1.29. The standard InChI is InChI=1S/C12H16N2OS4/c1-5-14-6(2)7(3)17-11(14)9-10(16)13-12(19-9)18-8(4)15/h12H,5H2,1-4H3,(H,13,16). The quantitative estimate of drug-likeness (QED) is 0.609. The third-order valence-electron chi connectivity index (χ3n) is 2.87. The number of rotatable bonds is 2. The van der Waals surface area contributed by atoms with Gasteiger partial charge in [0.15, 0.2) is 5.12 Å². The normalized spacial score (nSPS) is 27.3. The maximum absolute atomic E-state index is 11.2. The van der Waals surface area contributed by atoms with Crippen LogP contribution in [0.3, 0.4) is 0 Å². The van der Waals surface area contributed by atoms with Crippen LogP contribution in [0.4, 0.5) is 0 Å². The lowest BCUT2D eigenvalue weighted by molar-refractivity contribution is -0.109. The topological polar surface area (TPSA) is 32.3 Å². The molecular formula is C12H16N2OS4. The van der Waals surface area contributed by atoms with Gasteiger partial charge in [0.25, 0.3) is 0 Å². The van der Waals surface area contributed by atoms with Crippen molar-refractivity contribution in [3.05, 3.63) is 20.5 Å². The highest BCUT2D eigenvalue weighted by Gasteiger charge is 2.33. The van der Waals surface area contributed by atoms with Crippen molar-refractivity contribution in [2.45, 2.75) is 32.4 Å². The molecule has 7 heteroatoms. The van der Waals surface area contributed by atoms with Gasteiger partial charge in [-0.25, -0.2) is 0 Å². The fraction of sp³-hybridized carbons (Fsp3) is 0.500. The molecule has 19 heavy (non-hydrogen) atoms. The van der Waals surface area contributed by atoms with Gasteiger partial charge in [-0.05, 0) is 20.8 Å². The minimum absolute atomic E-state index is 0.00742. The SMILES string of the molecule is CCN1C(C)=C(C)SC1=C1SC(SC(C)=O)NC1=S. The number of thioether (sulfide) groups is 3. The highest BCUT2D eigenvalue weighted by Crippen LogP contribution is 2.47. The molecule has 0 aromatic carbocycles. The third-order valence-corrected chi connectivity index (χ3v) is 6.88. The molecule has 0 aromatic heterocycles. The Bertz CT molecular complexity index is 498. The van der Waals surface area contributed by atoms with Crippen LogP contribution in [0.25, 0.3) is 0 Å². The number of nitrogens with one attached hydrogen (secondary N) is 1. The summed E-state index contributed by atoms with van der Waals surface area (Å²) >= 11 is 10.1. The molecule has 1 saturated heterocycles. The van der Waals surface area contributed by atoms with E-state index in [0.29, 0.717) is 0 Å². The van der Waals surface area contributed by atoms with E-state index >= 15 is 0 Å². The summed E-state index contributed by atoms with van der Waals surface area (Å²) in [7, 11) is 0. The van der Waals surface area contributed by atoms with E-state index in [2.05, 4.69) is 31.0 Å². The molecule has 0 amide bonds. The lowest BCUT2D eigenvalue weighted by atomic mass is 10.4. The molecule has 0 saturated carbocycles. The number of hydrogen-bond acceptors (Lipinski definition) is 6. The van der Waals surface area contributed by atoms with E-state index in [4.69, 9.17) is 12.2 Å². The number of carbonyl (C=O) groups is 1. The number of carbonyl (C=O) groups excluding carboxylic acids is 1. The first-order valence-corrected chi connectivity index (χ1v) is 8.94. The molecule has 0 aliphatic carbocycles. The molecule has 1 fully saturated rings. The number of nitrogens with zero attached hydrogens (tertiary/aromatic N) is 1. The summed E-state index contributed by atoms with van der Waals surface area (Å²) in [6.07, 6.45) is 0. The van der Waals surface area contributed by atoms with E-state index in [-0.39, 0.29) is 9.82 Å². The molecule has 104 valence electrons. The highest BCUT2D eigenvalue weighted by molar-refractivity contribution is 8.27. The van der Waals surface area contributed by atoms with Crippen molar-refractivity contribution in [2.75, 3.05) is 6.54 Å². The average molecular weight is 333 g/mol. The Kier molecular flexibility index (Phi) is 4.92. The maximum atomic E-state index is 11.2. The van der Waals surface area contributed by atoms with Crippen molar-refractivity contribution in [3.63, 3.8) is 0 Å². The number of allylic oxidation sites excluding steroid dienone is 2. The Balaban J connectivity index is 2.24. The summed E-state index contributed by atoms with van der Waals surface area (Å²) in [5, 5.41) is 4.51. The molecule has 2 aliphatic heterocycles. The Morgan fingerprint density at radius 2 is 2.21 bits per heavy atom. The van der Waals surface area contributed by atoms with Gasteiger partial charge in [0.1, 0.15) is 9.69 Å². The third kappa shape index (κ3) is 3.15. The molecule has 2 rings (SSSR count). The van der Waals surface area contributed by atoms with Gasteiger partial charge in [0.2, 0.25) is 0 Å². The average Bonchev–Trinajstić information content (AvgIpc) is 2.80. The molecule has 0 aromatic rings. The van der Waals surface area contributed by atoms with E-state index in [0.717, 1.165) is 16.4 Å². The van der Waals surface area contributed by atoms with Gasteiger partial charge in [0, 0.05) is 24.1 Å². The zero-order valence-corrected chi connectivity index (χ0v) is 14.5. The van der Waals surface area contributed by atoms with E-state index in [1.165, 1.54) is 27.4 Å². The Morgan fingerprint density at radius 3 is 2.79 bits per heavy atom. The predicted molar refractivity (Wildman–Crippen MR) is 90.8 cm³/mol. The second-order valence-corrected chi connectivity index (χ2v) is 8.46. The summed E-state index contributed by atoms with van der Waals surface area (Å²) in [6, 6.07) is 0. The molecule has 2 aliphatic rings. The van der Waals surface area contributed by atoms with Crippen molar-refractivity contribution < 1.29 is 4.79 Å². The van der Waals surface area contributed by atoms with Gasteiger partial charge >= 0.3 is 0 Å². The molecule has 3 nitrogen and oxygen atoms in total. The van der Waals surface area contributed by atoms with Crippen molar-refractivity contribution in [1.82, 2.24) is 10.2 Å². The van der Waals surface area contributed by atoms with E-state index in [9.17, 15) is 4.79 Å². The second-order valence-electron chi connectivity index (χ2n) is 4.15. The smallest absolute Gasteiger partial charge is 0.188 e. The van der Waals surface area contributed by atoms with Crippen molar-refractivity contribution in [2.24, 2.45) is 0 Å². The fourth-order valence-corrected chi connectivity index (χ4v) is 5.98. The van der Waals surface area contributed by atoms with Crippen LogP contribution >= 0.6 is 47.5 Å². The second kappa shape index (κ2) is 6.11. The van der Waals surface area contributed by atoms with Crippen LogP contribution in [-0.2, 0) is 4.79 Å². The van der Waals surface area contributed by atoms with Crippen LogP contribution in [0.5, 0.6) is 0 Å². The first-order valence-electron chi connectivity index (χ1n) is 5.96. The lowest BCUT2D eigenvalue weighted by Gasteiger charge is -2.20. The molecule has 0 spiro atoms. The molecule has 1 atom stereocenters. The largest absolute Gasteiger partial charge is 0.354 e. The van der Waals surface area contributed by atoms with Crippen LogP contribution in [0.2, 0.25) is 0 Å². The zero-order chi connectivity index (χ0) is 14.2. The van der Waals surface area contributed by atoms with E-state index < -0.39 is 0 Å². The van der Waals surface area contributed by atoms with E-state index in [1.54, 1.807) is 30.4 Å². The van der Waals surface area contributed by atoms with Crippen LogP contribution in [0.15, 0.2) is 20.5 Å². The molecule has 0 bridgehead atoms. The van der Waals surface area contributed by atoms with Crippen LogP contribution in [-0.4, -0.2) is 26.3 Å². The van der Waals surface area contributed by atoms with Gasteiger partial charge in [-0.1, -0.05) is 47.5 Å². The van der Waals surface area contributed by atoms with Gasteiger partial charge in [0.05, 0.1) is 9.93 Å². The summed E-state index contributed by atoms with van der Waals surface area (Å²) in [4.78, 5) is 16.6. The Hall–Kier alpha value is -0.110. The first kappa shape index (κ1) is 15.3. The lowest BCUT2D eigenvalue weighted by Crippen LogP contribution is -2.22. The molecule has 2 heterocycles. The van der Waals surface area contributed by atoms with Crippen molar-refractivity contribution in [1.29, 1.82) is 0 Å². The Labute approximate surface area is 132 Å². The van der Waals surface area contributed by atoms with Crippen LogP contribution < -0.4 is 5.32 Å². The molecule has 1 N–H and O–H groups in total. The summed E-state index contributed by atoms with van der Waals surface area (Å²) in [6.45, 7) is 8.93. The van der Waals surface area contributed by atoms with Gasteiger partial charge < -0.3 is 10.2 Å². The molecule has 1 unspecified atom stereocenters.